The average molecular weight is 285 g/mol. The van der Waals surface area contributed by atoms with Gasteiger partial charge in [0.1, 0.15) is 5.82 Å². The van der Waals surface area contributed by atoms with Crippen molar-refractivity contribution < 1.29 is 4.79 Å². The van der Waals surface area contributed by atoms with E-state index in [4.69, 9.17) is 5.73 Å². The Kier molecular flexibility index (Phi) is 3.29. The molecule has 0 aliphatic carbocycles. The molecule has 6 heteroatoms. The fraction of sp³-hybridized carbons (Fsp3) is 0.333. The summed E-state index contributed by atoms with van der Waals surface area (Å²) in [5.41, 5.74) is 8.53. The Hall–Kier alpha value is -2.50. The number of nitrogens with one attached hydrogen (secondary N) is 1. The molecule has 21 heavy (non-hydrogen) atoms. The van der Waals surface area contributed by atoms with Crippen molar-refractivity contribution in [3.63, 3.8) is 0 Å². The van der Waals surface area contributed by atoms with E-state index in [1.54, 1.807) is 6.20 Å². The lowest BCUT2D eigenvalue weighted by atomic mass is 10.1. The Morgan fingerprint density at radius 3 is 2.62 bits per heavy atom. The van der Waals surface area contributed by atoms with Crippen LogP contribution in [0.5, 0.6) is 0 Å². The highest BCUT2D eigenvalue weighted by atomic mass is 16.2. The number of amides is 2. The zero-order valence-electron chi connectivity index (χ0n) is 12.2. The van der Waals surface area contributed by atoms with Crippen molar-refractivity contribution in [2.24, 2.45) is 0 Å². The summed E-state index contributed by atoms with van der Waals surface area (Å²) in [6.07, 6.45) is 1.69. The number of rotatable bonds is 3. The highest BCUT2D eigenvalue weighted by molar-refractivity contribution is 5.99. The van der Waals surface area contributed by atoms with Crippen LogP contribution in [0.4, 0.5) is 16.3 Å². The number of carbonyl (C=O) groups is 1. The van der Waals surface area contributed by atoms with Crippen molar-refractivity contribution in [2.45, 2.75) is 19.9 Å². The Morgan fingerprint density at radius 1 is 1.24 bits per heavy atom. The zero-order valence-corrected chi connectivity index (χ0v) is 12.2. The summed E-state index contributed by atoms with van der Waals surface area (Å²) in [5, 5.41) is 6.70. The van der Waals surface area contributed by atoms with Crippen LogP contribution in [-0.2, 0) is 0 Å². The Morgan fingerprint density at radius 2 is 2.00 bits per heavy atom. The predicted molar refractivity (Wildman–Crippen MR) is 83.0 cm³/mol. The average Bonchev–Trinajstić information content (AvgIpc) is 3.05. The third-order valence-electron chi connectivity index (χ3n) is 3.82. The number of hydrogen-bond acceptors (Lipinski definition) is 3. The lowest BCUT2D eigenvalue weighted by Crippen LogP contribution is -2.36. The molecule has 0 unspecified atom stereocenters. The van der Waals surface area contributed by atoms with Crippen LogP contribution in [0.25, 0.3) is 11.1 Å². The maximum absolute atomic E-state index is 12.6. The molecule has 1 aliphatic rings. The second-order valence-corrected chi connectivity index (χ2v) is 5.44. The molecule has 1 fully saturated rings. The minimum Gasteiger partial charge on any atom is -0.384 e. The summed E-state index contributed by atoms with van der Waals surface area (Å²) >= 11 is 0. The Balaban J connectivity index is 2.01. The third-order valence-corrected chi connectivity index (χ3v) is 3.82. The number of nitrogen functional groups attached to an aromatic ring is 1. The number of para-hydroxylation sites is 1. The number of H-pyrrole nitrogens is 1. The molecule has 2 aromatic rings. The topological polar surface area (TPSA) is 78.2 Å². The van der Waals surface area contributed by atoms with Crippen molar-refractivity contribution in [3.8, 4) is 11.1 Å². The van der Waals surface area contributed by atoms with Crippen LogP contribution in [0.1, 0.15) is 13.8 Å². The smallest absolute Gasteiger partial charge is 0.324 e. The quantitative estimate of drug-likeness (QED) is 0.908. The van der Waals surface area contributed by atoms with E-state index < -0.39 is 0 Å². The first-order valence-electron chi connectivity index (χ1n) is 7.06. The van der Waals surface area contributed by atoms with Crippen LogP contribution in [0.15, 0.2) is 30.5 Å². The van der Waals surface area contributed by atoms with Crippen molar-refractivity contribution in [3.05, 3.63) is 30.5 Å². The van der Waals surface area contributed by atoms with Crippen LogP contribution < -0.4 is 10.6 Å². The van der Waals surface area contributed by atoms with Crippen LogP contribution in [-0.4, -0.2) is 40.3 Å². The van der Waals surface area contributed by atoms with Gasteiger partial charge in [0.15, 0.2) is 0 Å². The summed E-state index contributed by atoms with van der Waals surface area (Å²) in [6.45, 7) is 5.49. The zero-order chi connectivity index (χ0) is 15.0. The first-order chi connectivity index (χ1) is 10.1. The van der Waals surface area contributed by atoms with E-state index in [0.717, 1.165) is 23.4 Å². The fourth-order valence-electron chi connectivity index (χ4n) is 2.70. The molecule has 1 aliphatic heterocycles. The van der Waals surface area contributed by atoms with Gasteiger partial charge in [-0.1, -0.05) is 18.2 Å². The van der Waals surface area contributed by atoms with Gasteiger partial charge in [0.05, 0.1) is 11.9 Å². The van der Waals surface area contributed by atoms with Crippen molar-refractivity contribution in [1.82, 2.24) is 15.1 Å². The molecule has 0 spiro atoms. The molecule has 0 saturated carbocycles. The summed E-state index contributed by atoms with van der Waals surface area (Å²) in [6, 6.07) is 8.02. The van der Waals surface area contributed by atoms with E-state index in [0.29, 0.717) is 12.4 Å². The standard InChI is InChI=1S/C15H19N5O/c1-10(2)19-7-8-20(15(19)21)13-6-4-3-5-11(13)12-9-17-18-14(12)16/h3-6,9-10H,7-8H2,1-2H3,(H3,16,17,18). The van der Waals surface area contributed by atoms with Gasteiger partial charge in [-0.2, -0.15) is 5.10 Å². The molecule has 2 amide bonds. The number of benzene rings is 1. The third kappa shape index (κ3) is 2.22. The number of aromatic amines is 1. The highest BCUT2D eigenvalue weighted by Gasteiger charge is 2.32. The molecule has 1 saturated heterocycles. The predicted octanol–water partition coefficient (Wildman–Crippen LogP) is 2.31. The second kappa shape index (κ2) is 5.12. The van der Waals surface area contributed by atoms with Crippen molar-refractivity contribution in [2.75, 3.05) is 23.7 Å². The van der Waals surface area contributed by atoms with Crippen molar-refractivity contribution >= 4 is 17.5 Å². The number of nitrogens with zero attached hydrogens (tertiary/aromatic N) is 3. The summed E-state index contributed by atoms with van der Waals surface area (Å²) in [4.78, 5) is 16.2. The SMILES string of the molecule is CC(C)N1CCN(c2ccccc2-c2cn[nH]c2N)C1=O. The molecule has 0 bridgehead atoms. The summed E-state index contributed by atoms with van der Waals surface area (Å²) in [7, 11) is 0. The Bertz CT molecular complexity index is 664. The summed E-state index contributed by atoms with van der Waals surface area (Å²) in [5.74, 6) is 0.509. The first kappa shape index (κ1) is 13.5. The van der Waals surface area contributed by atoms with E-state index in [-0.39, 0.29) is 12.1 Å². The maximum atomic E-state index is 12.6. The minimum atomic E-state index is 0.0412. The van der Waals surface area contributed by atoms with Crippen LogP contribution >= 0.6 is 0 Å². The van der Waals surface area contributed by atoms with E-state index in [1.165, 1.54) is 0 Å². The minimum absolute atomic E-state index is 0.0412. The van der Waals surface area contributed by atoms with E-state index >= 15 is 0 Å². The molecular weight excluding hydrogens is 266 g/mol. The molecule has 1 aromatic carbocycles. The molecule has 1 aromatic heterocycles. The number of hydrogen-bond donors (Lipinski definition) is 2. The molecule has 3 rings (SSSR count). The number of aromatic nitrogens is 2. The molecule has 0 atom stereocenters. The van der Waals surface area contributed by atoms with Crippen LogP contribution in [0, 0.1) is 0 Å². The molecular formula is C15H19N5O. The molecule has 0 radical (unpaired) electrons. The monoisotopic (exact) mass is 285 g/mol. The largest absolute Gasteiger partial charge is 0.384 e. The van der Waals surface area contributed by atoms with E-state index in [2.05, 4.69) is 10.2 Å². The van der Waals surface area contributed by atoms with Crippen LogP contribution in [0.2, 0.25) is 0 Å². The van der Waals surface area contributed by atoms with Crippen LogP contribution in [0.3, 0.4) is 0 Å². The van der Waals surface area contributed by atoms with Gasteiger partial charge in [-0.05, 0) is 19.9 Å². The number of carbonyl (C=O) groups excluding carboxylic acids is 1. The number of anilines is 2. The van der Waals surface area contributed by atoms with Gasteiger partial charge in [0.25, 0.3) is 0 Å². The van der Waals surface area contributed by atoms with Gasteiger partial charge in [-0.3, -0.25) is 10.00 Å². The molecule has 110 valence electrons. The number of nitrogens with two attached hydrogens (primary N) is 1. The van der Waals surface area contributed by atoms with Gasteiger partial charge in [-0.15, -0.1) is 0 Å². The van der Waals surface area contributed by atoms with E-state index in [9.17, 15) is 4.79 Å². The van der Waals surface area contributed by atoms with Crippen molar-refractivity contribution in [1.29, 1.82) is 0 Å². The van der Waals surface area contributed by atoms with Gasteiger partial charge in [-0.25, -0.2) is 4.79 Å². The fourth-order valence-corrected chi connectivity index (χ4v) is 2.70. The lowest BCUT2D eigenvalue weighted by Gasteiger charge is -2.23. The molecule has 6 nitrogen and oxygen atoms in total. The maximum Gasteiger partial charge on any atom is 0.324 e. The molecule has 3 N–H and O–H groups in total. The van der Waals surface area contributed by atoms with Gasteiger partial charge in [0, 0.05) is 30.3 Å². The lowest BCUT2D eigenvalue weighted by molar-refractivity contribution is 0.209. The van der Waals surface area contributed by atoms with Gasteiger partial charge in [0.2, 0.25) is 0 Å². The van der Waals surface area contributed by atoms with E-state index in [1.807, 2.05) is 47.9 Å². The highest BCUT2D eigenvalue weighted by Crippen LogP contribution is 2.35. The molecule has 2 heterocycles. The first-order valence-corrected chi connectivity index (χ1v) is 7.06. The number of urea groups is 1. The van der Waals surface area contributed by atoms with Gasteiger partial charge >= 0.3 is 6.03 Å². The van der Waals surface area contributed by atoms with Gasteiger partial charge < -0.3 is 10.6 Å². The summed E-state index contributed by atoms with van der Waals surface area (Å²) < 4.78 is 0. The Labute approximate surface area is 123 Å². The normalized spacial score (nSPS) is 15.3. The second-order valence-electron chi connectivity index (χ2n) is 5.44.